The molecule has 0 amide bonds. The van der Waals surface area contributed by atoms with Crippen molar-refractivity contribution in [2.24, 2.45) is 0 Å². The number of hydrogen-bond donors (Lipinski definition) is 1. The number of sulfonamides is 1. The van der Waals surface area contributed by atoms with Crippen molar-refractivity contribution in [3.8, 4) is 0 Å². The molecule has 2 N–H and O–H groups in total. The van der Waals surface area contributed by atoms with Crippen molar-refractivity contribution < 1.29 is 8.42 Å². The summed E-state index contributed by atoms with van der Waals surface area (Å²) in [5.74, 6) is 0. The number of benzene rings is 1. The number of anilines is 2. The molecule has 2 aromatic rings. The molecule has 5 nitrogen and oxygen atoms in total. The van der Waals surface area contributed by atoms with Crippen LogP contribution < -0.4 is 10.0 Å². The molecule has 1 heterocycles. The fourth-order valence-electron chi connectivity index (χ4n) is 1.53. The molecule has 0 bridgehead atoms. The molecule has 0 aliphatic heterocycles. The van der Waals surface area contributed by atoms with Crippen LogP contribution in [0, 0.1) is 0 Å². The van der Waals surface area contributed by atoms with Gasteiger partial charge >= 0.3 is 0 Å². The molecule has 6 heteroatoms. The maximum atomic E-state index is 12.3. The first-order chi connectivity index (χ1) is 8.53. The molecule has 18 heavy (non-hydrogen) atoms. The molecule has 0 spiro atoms. The number of aromatic nitrogens is 1. The SMILES string of the molecule is CN(c1ccccc1)S(=O)(=O)c1ncccc1N. The van der Waals surface area contributed by atoms with Gasteiger partial charge in [-0.2, -0.15) is 8.42 Å². The number of nitrogens with zero attached hydrogens (tertiary/aromatic N) is 2. The van der Waals surface area contributed by atoms with E-state index in [-0.39, 0.29) is 10.7 Å². The lowest BCUT2D eigenvalue weighted by Gasteiger charge is -2.19. The maximum absolute atomic E-state index is 12.3. The fraction of sp³-hybridized carbons (Fsp3) is 0.0833. The lowest BCUT2D eigenvalue weighted by Crippen LogP contribution is -2.28. The van der Waals surface area contributed by atoms with Crippen molar-refractivity contribution in [3.05, 3.63) is 48.7 Å². The first-order valence-electron chi connectivity index (χ1n) is 5.28. The molecule has 94 valence electrons. The summed E-state index contributed by atoms with van der Waals surface area (Å²) in [4.78, 5) is 3.84. The molecule has 1 aromatic heterocycles. The summed E-state index contributed by atoms with van der Waals surface area (Å²) in [6.45, 7) is 0. The van der Waals surface area contributed by atoms with E-state index in [9.17, 15) is 8.42 Å². The van der Waals surface area contributed by atoms with Crippen LogP contribution >= 0.6 is 0 Å². The smallest absolute Gasteiger partial charge is 0.283 e. The summed E-state index contributed by atoms with van der Waals surface area (Å²) >= 11 is 0. The van der Waals surface area contributed by atoms with Crippen molar-refractivity contribution >= 4 is 21.4 Å². The van der Waals surface area contributed by atoms with Crippen LogP contribution in [0.15, 0.2) is 53.7 Å². The monoisotopic (exact) mass is 263 g/mol. The van der Waals surface area contributed by atoms with Gasteiger partial charge in [-0.3, -0.25) is 4.31 Å². The average molecular weight is 263 g/mol. The van der Waals surface area contributed by atoms with E-state index < -0.39 is 10.0 Å². The zero-order valence-corrected chi connectivity index (χ0v) is 10.6. The third-order valence-electron chi connectivity index (χ3n) is 2.53. The van der Waals surface area contributed by atoms with Crippen LogP contribution in [0.1, 0.15) is 0 Å². The predicted molar refractivity (Wildman–Crippen MR) is 70.7 cm³/mol. The fourth-order valence-corrected chi connectivity index (χ4v) is 2.74. The Bertz CT molecular complexity index is 641. The van der Waals surface area contributed by atoms with Gasteiger partial charge in [0.05, 0.1) is 11.4 Å². The van der Waals surface area contributed by atoms with E-state index in [1.165, 1.54) is 19.3 Å². The topological polar surface area (TPSA) is 76.3 Å². The summed E-state index contributed by atoms with van der Waals surface area (Å²) in [6, 6.07) is 11.9. The van der Waals surface area contributed by atoms with Crippen LogP contribution in [0.5, 0.6) is 0 Å². The standard InChI is InChI=1S/C12H13N3O2S/c1-15(10-6-3-2-4-7-10)18(16,17)12-11(13)8-5-9-14-12/h2-9H,13H2,1H3. The zero-order chi connectivity index (χ0) is 13.2. The quantitative estimate of drug-likeness (QED) is 0.910. The Morgan fingerprint density at radius 3 is 2.39 bits per heavy atom. The van der Waals surface area contributed by atoms with E-state index in [1.54, 1.807) is 30.3 Å². The Balaban J connectivity index is 2.48. The number of rotatable bonds is 3. The normalized spacial score (nSPS) is 11.2. The Hall–Kier alpha value is -2.08. The second-order valence-electron chi connectivity index (χ2n) is 3.71. The molecular weight excluding hydrogens is 250 g/mol. The van der Waals surface area contributed by atoms with Gasteiger partial charge in [-0.25, -0.2) is 4.98 Å². The lowest BCUT2D eigenvalue weighted by molar-refractivity contribution is 0.591. The number of nitrogen functional groups attached to an aromatic ring is 1. The molecule has 0 saturated carbocycles. The van der Waals surface area contributed by atoms with Crippen LogP contribution in [-0.4, -0.2) is 20.4 Å². The van der Waals surface area contributed by atoms with Gasteiger partial charge in [0.25, 0.3) is 10.0 Å². The first kappa shape index (κ1) is 12.4. The minimum atomic E-state index is -3.73. The van der Waals surface area contributed by atoms with Crippen molar-refractivity contribution in [2.45, 2.75) is 5.03 Å². The molecule has 0 radical (unpaired) electrons. The van der Waals surface area contributed by atoms with Gasteiger partial charge in [-0.05, 0) is 24.3 Å². The van der Waals surface area contributed by atoms with Gasteiger partial charge in [-0.1, -0.05) is 18.2 Å². The average Bonchev–Trinajstić information content (AvgIpc) is 2.39. The van der Waals surface area contributed by atoms with Gasteiger partial charge in [0.15, 0.2) is 5.03 Å². The molecular formula is C12H13N3O2S. The molecule has 0 aliphatic carbocycles. The van der Waals surface area contributed by atoms with Gasteiger partial charge in [0, 0.05) is 13.2 Å². The summed E-state index contributed by atoms with van der Waals surface area (Å²) < 4.78 is 25.8. The van der Waals surface area contributed by atoms with Crippen LogP contribution in [-0.2, 0) is 10.0 Å². The Morgan fingerprint density at radius 2 is 1.78 bits per heavy atom. The van der Waals surface area contributed by atoms with E-state index in [0.29, 0.717) is 5.69 Å². The third-order valence-corrected chi connectivity index (χ3v) is 4.29. The van der Waals surface area contributed by atoms with E-state index in [4.69, 9.17) is 5.73 Å². The highest BCUT2D eigenvalue weighted by Gasteiger charge is 2.24. The molecule has 0 fully saturated rings. The molecule has 1 aromatic carbocycles. The second-order valence-corrected chi connectivity index (χ2v) is 5.59. The van der Waals surface area contributed by atoms with Gasteiger partial charge < -0.3 is 5.73 Å². The first-order valence-corrected chi connectivity index (χ1v) is 6.72. The lowest BCUT2D eigenvalue weighted by atomic mass is 10.3. The highest BCUT2D eigenvalue weighted by atomic mass is 32.2. The van der Waals surface area contributed by atoms with E-state index in [2.05, 4.69) is 4.98 Å². The van der Waals surface area contributed by atoms with Crippen molar-refractivity contribution in [1.29, 1.82) is 0 Å². The largest absolute Gasteiger partial charge is 0.396 e. The van der Waals surface area contributed by atoms with Crippen molar-refractivity contribution in [1.82, 2.24) is 4.98 Å². The van der Waals surface area contributed by atoms with Crippen molar-refractivity contribution in [3.63, 3.8) is 0 Å². The minimum absolute atomic E-state index is 0.128. The minimum Gasteiger partial charge on any atom is -0.396 e. The molecule has 0 saturated heterocycles. The summed E-state index contributed by atoms with van der Waals surface area (Å²) in [5, 5.41) is -0.128. The van der Waals surface area contributed by atoms with Crippen LogP contribution in [0.3, 0.4) is 0 Å². The number of pyridine rings is 1. The van der Waals surface area contributed by atoms with Crippen LogP contribution in [0.2, 0.25) is 0 Å². The van der Waals surface area contributed by atoms with Gasteiger partial charge in [-0.15, -0.1) is 0 Å². The summed E-state index contributed by atoms with van der Waals surface area (Å²) in [6.07, 6.45) is 1.40. The highest BCUT2D eigenvalue weighted by Crippen LogP contribution is 2.23. The zero-order valence-electron chi connectivity index (χ0n) is 9.82. The maximum Gasteiger partial charge on any atom is 0.283 e. The summed E-state index contributed by atoms with van der Waals surface area (Å²) in [7, 11) is -2.25. The highest BCUT2D eigenvalue weighted by molar-refractivity contribution is 7.92. The van der Waals surface area contributed by atoms with E-state index in [0.717, 1.165) is 4.31 Å². The number of nitrogens with two attached hydrogens (primary N) is 1. The summed E-state index contributed by atoms with van der Waals surface area (Å²) in [5.41, 5.74) is 6.35. The molecule has 2 rings (SSSR count). The Kier molecular flexibility index (Phi) is 3.20. The van der Waals surface area contributed by atoms with E-state index in [1.807, 2.05) is 6.07 Å². The van der Waals surface area contributed by atoms with Crippen molar-refractivity contribution in [2.75, 3.05) is 17.1 Å². The number of para-hydroxylation sites is 1. The molecule has 0 atom stereocenters. The third kappa shape index (κ3) is 2.14. The Labute approximate surface area is 106 Å². The second kappa shape index (κ2) is 4.66. The van der Waals surface area contributed by atoms with E-state index >= 15 is 0 Å². The molecule has 0 unspecified atom stereocenters. The Morgan fingerprint density at radius 1 is 1.11 bits per heavy atom. The predicted octanol–water partition coefficient (Wildman–Crippen LogP) is 1.49. The van der Waals surface area contributed by atoms with Crippen LogP contribution in [0.4, 0.5) is 11.4 Å². The van der Waals surface area contributed by atoms with Gasteiger partial charge in [0.1, 0.15) is 0 Å². The number of hydrogen-bond acceptors (Lipinski definition) is 4. The molecule has 0 aliphatic rings. The van der Waals surface area contributed by atoms with Crippen LogP contribution in [0.25, 0.3) is 0 Å². The van der Waals surface area contributed by atoms with Gasteiger partial charge in [0.2, 0.25) is 0 Å².